The van der Waals surface area contributed by atoms with Gasteiger partial charge in [-0.1, -0.05) is 0 Å². The molecule has 2 aromatic rings. The molecule has 0 saturated carbocycles. The summed E-state index contributed by atoms with van der Waals surface area (Å²) in [6.45, 7) is 0.107. The fraction of sp³-hybridized carbons (Fsp3) is 0.222. The Balaban J connectivity index is 1.73. The topological polar surface area (TPSA) is 104 Å². The second-order valence-electron chi connectivity index (χ2n) is 5.38. The summed E-state index contributed by atoms with van der Waals surface area (Å²) in [5.41, 5.74) is 5.16. The number of hydrogen-bond donors (Lipinski definition) is 2. The predicted octanol–water partition coefficient (Wildman–Crippen LogP) is 1.52. The number of methoxy groups -OCH3 is 3. The summed E-state index contributed by atoms with van der Waals surface area (Å²) in [5, 5.41) is 0. The van der Waals surface area contributed by atoms with Gasteiger partial charge < -0.3 is 23.7 Å². The van der Waals surface area contributed by atoms with Crippen molar-refractivity contribution in [3.63, 3.8) is 0 Å². The normalized spacial score (nSPS) is 11.5. The summed E-state index contributed by atoms with van der Waals surface area (Å²) in [6, 6.07) is 7.69. The smallest absolute Gasteiger partial charge is 0.273 e. The van der Waals surface area contributed by atoms with Gasteiger partial charge in [0.25, 0.3) is 11.8 Å². The van der Waals surface area contributed by atoms with Gasteiger partial charge in [-0.3, -0.25) is 20.4 Å². The van der Waals surface area contributed by atoms with Crippen LogP contribution in [0.2, 0.25) is 0 Å². The Morgan fingerprint density at radius 3 is 2.15 bits per heavy atom. The Morgan fingerprint density at radius 1 is 0.815 bits per heavy atom. The lowest BCUT2D eigenvalue weighted by Gasteiger charge is -2.14. The first-order valence-corrected chi connectivity index (χ1v) is 7.87. The monoisotopic (exact) mass is 374 g/mol. The molecule has 27 heavy (non-hydrogen) atoms. The molecule has 1 heterocycles. The number of fused-ring (bicyclic) bond motifs is 1. The number of carbonyl (C=O) groups is 2. The highest BCUT2D eigenvalue weighted by atomic mass is 16.7. The number of ether oxygens (including phenoxy) is 5. The van der Waals surface area contributed by atoms with Crippen molar-refractivity contribution in [2.45, 2.75) is 0 Å². The largest absolute Gasteiger partial charge is 0.496 e. The Bertz CT molecular complexity index is 882. The summed E-state index contributed by atoms with van der Waals surface area (Å²) in [4.78, 5) is 24.7. The van der Waals surface area contributed by atoms with E-state index in [0.717, 1.165) is 0 Å². The highest BCUT2D eigenvalue weighted by Gasteiger charge is 2.20. The van der Waals surface area contributed by atoms with Gasteiger partial charge in [0.1, 0.15) is 5.75 Å². The van der Waals surface area contributed by atoms with Gasteiger partial charge in [-0.25, -0.2) is 0 Å². The lowest BCUT2D eigenvalue weighted by atomic mass is 10.1. The van der Waals surface area contributed by atoms with Crippen LogP contribution in [0.5, 0.6) is 28.7 Å². The number of amides is 2. The van der Waals surface area contributed by atoms with E-state index in [9.17, 15) is 9.59 Å². The van der Waals surface area contributed by atoms with Gasteiger partial charge in [0.15, 0.2) is 23.0 Å². The molecule has 0 bridgehead atoms. The highest BCUT2D eigenvalue weighted by Crippen LogP contribution is 2.34. The summed E-state index contributed by atoms with van der Waals surface area (Å²) in [5.74, 6) is 0.965. The van der Waals surface area contributed by atoms with E-state index < -0.39 is 11.8 Å². The number of nitrogens with one attached hydrogen (secondary N) is 2. The first-order valence-electron chi connectivity index (χ1n) is 7.87. The van der Waals surface area contributed by atoms with E-state index in [-0.39, 0.29) is 18.1 Å². The molecule has 2 amide bonds. The van der Waals surface area contributed by atoms with Crippen LogP contribution >= 0.6 is 0 Å². The van der Waals surface area contributed by atoms with E-state index in [4.69, 9.17) is 23.7 Å². The molecule has 0 unspecified atom stereocenters. The Labute approximate surface area is 155 Å². The van der Waals surface area contributed by atoms with E-state index in [1.54, 1.807) is 12.1 Å². The second-order valence-corrected chi connectivity index (χ2v) is 5.38. The Hall–Kier alpha value is -3.62. The molecule has 1 aliphatic heterocycles. The van der Waals surface area contributed by atoms with E-state index in [2.05, 4.69) is 10.9 Å². The van der Waals surface area contributed by atoms with Crippen LogP contribution in [0.15, 0.2) is 30.3 Å². The maximum atomic E-state index is 12.5. The summed E-state index contributed by atoms with van der Waals surface area (Å²) >= 11 is 0. The molecule has 0 spiro atoms. The van der Waals surface area contributed by atoms with Gasteiger partial charge in [-0.05, 0) is 18.2 Å². The fourth-order valence-electron chi connectivity index (χ4n) is 2.50. The molecule has 0 fully saturated rings. The standard InChI is InChI=1S/C18H18N2O7/c1-23-13-8-15(25-3)14(24-2)7-11(13)18(22)20-19-17(21)10-4-5-12-16(6-10)27-9-26-12/h4-8H,9H2,1-3H3,(H,19,21)(H,20,22). The van der Waals surface area contributed by atoms with Gasteiger partial charge in [0.05, 0.1) is 26.9 Å². The predicted molar refractivity (Wildman–Crippen MR) is 93.6 cm³/mol. The first kappa shape index (κ1) is 18.2. The zero-order valence-corrected chi connectivity index (χ0v) is 15.0. The van der Waals surface area contributed by atoms with E-state index in [1.165, 1.54) is 39.5 Å². The summed E-state index contributed by atoms with van der Waals surface area (Å²) < 4.78 is 26.0. The van der Waals surface area contributed by atoms with Crippen LogP contribution in [0.25, 0.3) is 0 Å². The minimum atomic E-state index is -0.582. The van der Waals surface area contributed by atoms with Crippen LogP contribution < -0.4 is 34.5 Å². The van der Waals surface area contributed by atoms with Crippen molar-refractivity contribution in [3.8, 4) is 28.7 Å². The highest BCUT2D eigenvalue weighted by molar-refractivity contribution is 6.01. The second kappa shape index (κ2) is 7.73. The van der Waals surface area contributed by atoms with Gasteiger partial charge in [0.2, 0.25) is 6.79 Å². The molecule has 9 nitrogen and oxygen atoms in total. The number of benzene rings is 2. The van der Waals surface area contributed by atoms with Crippen LogP contribution in [-0.2, 0) is 0 Å². The fourth-order valence-corrected chi connectivity index (χ4v) is 2.50. The number of hydrogen-bond acceptors (Lipinski definition) is 7. The molecule has 0 radical (unpaired) electrons. The Kier molecular flexibility index (Phi) is 5.20. The molecule has 142 valence electrons. The minimum absolute atomic E-state index is 0.107. The molecule has 2 aromatic carbocycles. The molecule has 3 rings (SSSR count). The van der Waals surface area contributed by atoms with Crippen LogP contribution in [0.3, 0.4) is 0 Å². The molecular formula is C18H18N2O7. The van der Waals surface area contributed by atoms with Crippen molar-refractivity contribution in [1.29, 1.82) is 0 Å². The molecule has 1 aliphatic rings. The van der Waals surface area contributed by atoms with Crippen molar-refractivity contribution < 1.29 is 33.3 Å². The zero-order valence-electron chi connectivity index (χ0n) is 15.0. The van der Waals surface area contributed by atoms with Gasteiger partial charge in [-0.2, -0.15) is 0 Å². The lowest BCUT2D eigenvalue weighted by Crippen LogP contribution is -2.41. The van der Waals surface area contributed by atoms with Crippen LogP contribution in [0.4, 0.5) is 0 Å². The third-order valence-corrected chi connectivity index (χ3v) is 3.87. The SMILES string of the molecule is COc1cc(OC)c(C(=O)NNC(=O)c2ccc3c(c2)OCO3)cc1OC. The molecule has 2 N–H and O–H groups in total. The zero-order chi connectivity index (χ0) is 19.4. The molecule has 0 aromatic heterocycles. The van der Waals surface area contributed by atoms with Crippen LogP contribution in [-0.4, -0.2) is 39.9 Å². The van der Waals surface area contributed by atoms with E-state index in [0.29, 0.717) is 28.6 Å². The van der Waals surface area contributed by atoms with E-state index >= 15 is 0 Å². The van der Waals surface area contributed by atoms with Crippen molar-refractivity contribution in [2.24, 2.45) is 0 Å². The maximum Gasteiger partial charge on any atom is 0.273 e. The van der Waals surface area contributed by atoms with Crippen molar-refractivity contribution in [3.05, 3.63) is 41.5 Å². The first-order chi connectivity index (χ1) is 13.1. The van der Waals surface area contributed by atoms with Crippen molar-refractivity contribution >= 4 is 11.8 Å². The average molecular weight is 374 g/mol. The lowest BCUT2D eigenvalue weighted by molar-refractivity contribution is 0.0844. The number of carbonyl (C=O) groups excluding carboxylic acids is 2. The number of rotatable bonds is 5. The average Bonchev–Trinajstić information content (AvgIpc) is 3.18. The quantitative estimate of drug-likeness (QED) is 0.765. The third-order valence-electron chi connectivity index (χ3n) is 3.87. The van der Waals surface area contributed by atoms with Gasteiger partial charge in [0, 0.05) is 17.7 Å². The van der Waals surface area contributed by atoms with Gasteiger partial charge in [-0.15, -0.1) is 0 Å². The van der Waals surface area contributed by atoms with Gasteiger partial charge >= 0.3 is 0 Å². The minimum Gasteiger partial charge on any atom is -0.496 e. The summed E-state index contributed by atoms with van der Waals surface area (Å²) in [6.07, 6.45) is 0. The molecule has 0 aliphatic carbocycles. The molecule has 0 atom stereocenters. The third kappa shape index (κ3) is 3.66. The Morgan fingerprint density at radius 2 is 1.44 bits per heavy atom. The van der Waals surface area contributed by atoms with Crippen molar-refractivity contribution in [2.75, 3.05) is 28.1 Å². The summed E-state index contributed by atoms with van der Waals surface area (Å²) in [7, 11) is 4.35. The molecule has 0 saturated heterocycles. The number of hydrazine groups is 1. The molecular weight excluding hydrogens is 356 g/mol. The van der Waals surface area contributed by atoms with Crippen LogP contribution in [0, 0.1) is 0 Å². The van der Waals surface area contributed by atoms with Crippen molar-refractivity contribution in [1.82, 2.24) is 10.9 Å². The molecule has 9 heteroatoms. The van der Waals surface area contributed by atoms with E-state index in [1.807, 2.05) is 0 Å². The maximum absolute atomic E-state index is 12.5. The van der Waals surface area contributed by atoms with Crippen LogP contribution in [0.1, 0.15) is 20.7 Å².